The molecule has 0 amide bonds. The highest BCUT2D eigenvalue weighted by atomic mass is 16.7. The summed E-state index contributed by atoms with van der Waals surface area (Å²) in [6.07, 6.45) is -0.886. The molecule has 0 radical (unpaired) electrons. The Balaban J connectivity index is 1.35. The van der Waals surface area contributed by atoms with E-state index in [1.165, 1.54) is 0 Å². The van der Waals surface area contributed by atoms with E-state index in [1.807, 2.05) is 54.6 Å². The zero-order chi connectivity index (χ0) is 21.8. The Labute approximate surface area is 179 Å². The topological polar surface area (TPSA) is 102 Å². The van der Waals surface area contributed by atoms with E-state index in [-0.39, 0.29) is 18.9 Å². The average Bonchev–Trinajstić information content (AvgIpc) is 3.12. The Hall–Kier alpha value is -3.95. The van der Waals surface area contributed by atoms with Crippen LogP contribution in [0.1, 0.15) is 28.2 Å². The lowest BCUT2D eigenvalue weighted by atomic mass is 9.98. The first-order valence-corrected chi connectivity index (χ1v) is 9.88. The molecule has 1 aliphatic rings. The van der Waals surface area contributed by atoms with Gasteiger partial charge in [0.25, 0.3) is 0 Å². The Morgan fingerprint density at radius 2 is 1.52 bits per heavy atom. The van der Waals surface area contributed by atoms with Gasteiger partial charge in [-0.2, -0.15) is 5.26 Å². The monoisotopic (exact) mass is 412 g/mol. The van der Waals surface area contributed by atoms with Crippen molar-refractivity contribution < 1.29 is 19.1 Å². The van der Waals surface area contributed by atoms with Crippen molar-refractivity contribution in [2.45, 2.75) is 18.4 Å². The molecule has 31 heavy (non-hydrogen) atoms. The van der Waals surface area contributed by atoms with Gasteiger partial charge in [-0.1, -0.05) is 60.7 Å². The first-order valence-electron chi connectivity index (χ1n) is 9.88. The summed E-state index contributed by atoms with van der Waals surface area (Å²) in [4.78, 5) is 24.3. The van der Waals surface area contributed by atoms with E-state index in [0.717, 1.165) is 27.8 Å². The van der Waals surface area contributed by atoms with Crippen molar-refractivity contribution in [2.75, 3.05) is 6.61 Å². The van der Waals surface area contributed by atoms with Gasteiger partial charge in [0, 0.05) is 5.92 Å². The van der Waals surface area contributed by atoms with Gasteiger partial charge in [0.1, 0.15) is 12.6 Å². The fraction of sp³-hybridized carbons (Fsp3) is 0.160. The van der Waals surface area contributed by atoms with E-state index >= 15 is 0 Å². The third-order valence-corrected chi connectivity index (χ3v) is 5.36. The molecule has 0 saturated carbocycles. The van der Waals surface area contributed by atoms with Crippen LogP contribution in [0.25, 0.3) is 11.1 Å². The maximum Gasteiger partial charge on any atom is 0.516 e. The summed E-state index contributed by atoms with van der Waals surface area (Å²) in [7, 11) is 0. The lowest BCUT2D eigenvalue weighted by molar-refractivity contribution is -0.141. The summed E-state index contributed by atoms with van der Waals surface area (Å²) in [6, 6.07) is 23.6. The van der Waals surface area contributed by atoms with Crippen LogP contribution in [0.2, 0.25) is 0 Å². The number of ether oxygens (including phenoxy) is 2. The Kier molecular flexibility index (Phi) is 5.78. The molecule has 1 atom stereocenters. The number of carbonyl (C=O) groups is 2. The molecule has 0 aromatic heterocycles. The van der Waals surface area contributed by atoms with Gasteiger partial charge < -0.3 is 15.2 Å². The highest BCUT2D eigenvalue weighted by molar-refractivity contribution is 5.85. The van der Waals surface area contributed by atoms with Gasteiger partial charge in [-0.15, -0.1) is 0 Å². The lowest BCUT2D eigenvalue weighted by Gasteiger charge is -2.14. The molecular weight excluding hydrogens is 392 g/mol. The summed E-state index contributed by atoms with van der Waals surface area (Å²) in [5, 5.41) is 8.84. The minimum Gasteiger partial charge on any atom is -0.433 e. The molecule has 0 fully saturated rings. The Morgan fingerprint density at radius 1 is 0.935 bits per heavy atom. The van der Waals surface area contributed by atoms with Crippen LogP contribution in [-0.2, 0) is 20.7 Å². The molecule has 4 rings (SSSR count). The molecule has 3 aromatic carbocycles. The summed E-state index contributed by atoms with van der Waals surface area (Å²) < 4.78 is 10.1. The minimum absolute atomic E-state index is 0.0605. The van der Waals surface area contributed by atoms with Crippen LogP contribution in [-0.4, -0.2) is 24.8 Å². The number of fused-ring (bicyclic) bond motifs is 3. The van der Waals surface area contributed by atoms with Crippen molar-refractivity contribution in [3.63, 3.8) is 0 Å². The number of benzene rings is 3. The van der Waals surface area contributed by atoms with Crippen LogP contribution >= 0.6 is 0 Å². The van der Waals surface area contributed by atoms with Crippen LogP contribution < -0.4 is 5.73 Å². The van der Waals surface area contributed by atoms with Gasteiger partial charge in [-0.3, -0.25) is 0 Å². The Bertz CT molecular complexity index is 1120. The van der Waals surface area contributed by atoms with E-state index in [4.69, 9.17) is 20.5 Å². The number of nitrogens with zero attached hydrogens (tertiary/aromatic N) is 1. The first kappa shape index (κ1) is 20.3. The smallest absolute Gasteiger partial charge is 0.433 e. The maximum atomic E-state index is 12.2. The molecule has 3 aromatic rings. The molecule has 6 nitrogen and oxygen atoms in total. The van der Waals surface area contributed by atoms with Crippen molar-refractivity contribution in [3.05, 3.63) is 95.1 Å². The lowest BCUT2D eigenvalue weighted by Crippen LogP contribution is -2.36. The molecular formula is C25H20N2O4. The largest absolute Gasteiger partial charge is 0.516 e. The predicted molar refractivity (Wildman–Crippen MR) is 114 cm³/mol. The van der Waals surface area contributed by atoms with E-state index in [2.05, 4.69) is 0 Å². The number of nitrogens with two attached hydrogens (primary N) is 1. The van der Waals surface area contributed by atoms with Crippen LogP contribution in [0.4, 0.5) is 4.79 Å². The predicted octanol–water partition coefficient (Wildman–Crippen LogP) is 3.92. The zero-order valence-corrected chi connectivity index (χ0v) is 16.7. The average molecular weight is 412 g/mol. The quantitative estimate of drug-likeness (QED) is 0.503. The van der Waals surface area contributed by atoms with Crippen molar-refractivity contribution in [1.29, 1.82) is 5.26 Å². The van der Waals surface area contributed by atoms with Gasteiger partial charge in [0.15, 0.2) is 0 Å². The van der Waals surface area contributed by atoms with Crippen molar-refractivity contribution in [2.24, 2.45) is 5.73 Å². The van der Waals surface area contributed by atoms with Crippen LogP contribution in [0.15, 0.2) is 72.8 Å². The molecule has 1 aliphatic carbocycles. The molecule has 0 saturated heterocycles. The second-order valence-corrected chi connectivity index (χ2v) is 7.33. The standard InChI is InChI=1S/C25H20N2O4/c26-14-17-11-9-16(10-12-17)13-23(27)24(28)31-25(29)30-15-22-20-7-3-1-5-18(20)19-6-2-4-8-21(19)22/h1-12,22-23H,13,15,27H2/t23-/m0/s1. The van der Waals surface area contributed by atoms with Gasteiger partial charge in [-0.05, 0) is 46.4 Å². The van der Waals surface area contributed by atoms with Crippen LogP contribution in [0.5, 0.6) is 0 Å². The molecule has 0 spiro atoms. The second kappa shape index (κ2) is 8.82. The van der Waals surface area contributed by atoms with E-state index in [0.29, 0.717) is 5.56 Å². The third-order valence-electron chi connectivity index (χ3n) is 5.36. The molecule has 6 heteroatoms. The van der Waals surface area contributed by atoms with Gasteiger partial charge in [-0.25, -0.2) is 9.59 Å². The molecule has 2 N–H and O–H groups in total. The number of rotatable bonds is 5. The normalized spacial score (nSPS) is 12.9. The number of esters is 1. The molecule has 154 valence electrons. The first-order chi connectivity index (χ1) is 15.1. The number of nitriles is 1. The van der Waals surface area contributed by atoms with Crippen LogP contribution in [0, 0.1) is 11.3 Å². The fourth-order valence-corrected chi connectivity index (χ4v) is 3.83. The van der Waals surface area contributed by atoms with E-state index in [9.17, 15) is 9.59 Å². The minimum atomic E-state index is -1.07. The number of carbonyl (C=O) groups excluding carboxylic acids is 2. The van der Waals surface area contributed by atoms with E-state index in [1.54, 1.807) is 24.3 Å². The van der Waals surface area contributed by atoms with E-state index < -0.39 is 18.2 Å². The van der Waals surface area contributed by atoms with Gasteiger partial charge in [0.05, 0.1) is 11.6 Å². The second-order valence-electron chi connectivity index (χ2n) is 7.33. The maximum absolute atomic E-state index is 12.2. The van der Waals surface area contributed by atoms with Crippen molar-refractivity contribution in [3.8, 4) is 17.2 Å². The molecule has 0 bridgehead atoms. The molecule has 0 unspecified atom stereocenters. The number of hydrogen-bond acceptors (Lipinski definition) is 6. The number of hydrogen-bond donors (Lipinski definition) is 1. The molecule has 0 heterocycles. The fourth-order valence-electron chi connectivity index (χ4n) is 3.83. The van der Waals surface area contributed by atoms with Gasteiger partial charge >= 0.3 is 12.1 Å². The zero-order valence-electron chi connectivity index (χ0n) is 16.7. The Morgan fingerprint density at radius 3 is 2.10 bits per heavy atom. The highest BCUT2D eigenvalue weighted by Crippen LogP contribution is 2.44. The van der Waals surface area contributed by atoms with Crippen molar-refractivity contribution >= 4 is 12.1 Å². The summed E-state index contributed by atoms with van der Waals surface area (Å²) in [5.41, 5.74) is 11.5. The van der Waals surface area contributed by atoms with Gasteiger partial charge in [0.2, 0.25) is 0 Å². The summed E-state index contributed by atoms with van der Waals surface area (Å²) in [6.45, 7) is 0.0605. The van der Waals surface area contributed by atoms with Crippen molar-refractivity contribution in [1.82, 2.24) is 0 Å². The highest BCUT2D eigenvalue weighted by Gasteiger charge is 2.30. The third kappa shape index (κ3) is 4.32. The molecule has 0 aliphatic heterocycles. The SMILES string of the molecule is N#Cc1ccc(C[C@H](N)C(=O)OC(=O)OCC2c3ccccc3-c3ccccc32)cc1. The summed E-state index contributed by atoms with van der Waals surface area (Å²) >= 11 is 0. The summed E-state index contributed by atoms with van der Waals surface area (Å²) in [5.74, 6) is -0.982. The van der Waals surface area contributed by atoms with Crippen LogP contribution in [0.3, 0.4) is 0 Å².